The summed E-state index contributed by atoms with van der Waals surface area (Å²) in [5.74, 6) is 0.179. The number of carbonyl (C=O) groups excluding carboxylic acids is 1. The van der Waals surface area contributed by atoms with Crippen LogP contribution in [0.4, 0.5) is 5.69 Å². The van der Waals surface area contributed by atoms with Crippen LogP contribution in [0.5, 0.6) is 0 Å². The molecule has 4 nitrogen and oxygen atoms in total. The van der Waals surface area contributed by atoms with Gasteiger partial charge in [0, 0.05) is 12.7 Å². The first-order valence-corrected chi connectivity index (χ1v) is 7.42. The molecule has 0 aliphatic carbocycles. The van der Waals surface area contributed by atoms with Gasteiger partial charge in [-0.15, -0.1) is 0 Å². The van der Waals surface area contributed by atoms with Gasteiger partial charge in [0.15, 0.2) is 0 Å². The predicted octanol–water partition coefficient (Wildman–Crippen LogP) is 2.60. The second-order valence-corrected chi connectivity index (χ2v) is 6.66. The fourth-order valence-corrected chi connectivity index (χ4v) is 2.46. The summed E-state index contributed by atoms with van der Waals surface area (Å²) in [6.45, 7) is 8.35. The summed E-state index contributed by atoms with van der Waals surface area (Å²) in [7, 11) is 0. The predicted molar refractivity (Wildman–Crippen MR) is 81.7 cm³/mol. The van der Waals surface area contributed by atoms with Gasteiger partial charge >= 0.3 is 0 Å². The maximum absolute atomic E-state index is 12.5. The third-order valence-electron chi connectivity index (χ3n) is 3.66. The highest BCUT2D eigenvalue weighted by Crippen LogP contribution is 2.21. The normalized spacial score (nSPS) is 20.2. The molecular formula is C16H25N3O. The molecule has 1 fully saturated rings. The Morgan fingerprint density at radius 1 is 1.45 bits per heavy atom. The van der Waals surface area contributed by atoms with Gasteiger partial charge in [0.1, 0.15) is 0 Å². The summed E-state index contributed by atoms with van der Waals surface area (Å²) in [5, 5.41) is 3.42. The Morgan fingerprint density at radius 2 is 2.25 bits per heavy atom. The van der Waals surface area contributed by atoms with Crippen LogP contribution in [0.3, 0.4) is 0 Å². The molecule has 0 aromatic carbocycles. The minimum Gasteiger partial charge on any atom is -0.310 e. The van der Waals surface area contributed by atoms with Gasteiger partial charge in [-0.05, 0) is 43.4 Å². The van der Waals surface area contributed by atoms with Crippen molar-refractivity contribution in [1.29, 1.82) is 0 Å². The van der Waals surface area contributed by atoms with Crippen LogP contribution in [0.1, 0.15) is 40.0 Å². The molecule has 2 heterocycles. The zero-order chi connectivity index (χ0) is 14.6. The van der Waals surface area contributed by atoms with Crippen LogP contribution in [0.15, 0.2) is 24.5 Å². The molecule has 2 rings (SSSR count). The fourth-order valence-electron chi connectivity index (χ4n) is 2.46. The first-order chi connectivity index (χ1) is 9.47. The Bertz CT molecular complexity index is 439. The molecule has 4 heteroatoms. The Hall–Kier alpha value is -1.42. The standard InChI is InChI=1S/C16H25N3O/c1-16(2,3)8-10-18-14-7-5-11-19(15(14)20)13-6-4-9-17-12-13/h4,6,9,12,14,18H,5,7-8,10-11H2,1-3H3/t14-/m1/s1. The monoisotopic (exact) mass is 275 g/mol. The van der Waals surface area contributed by atoms with Crippen LogP contribution in [0.2, 0.25) is 0 Å². The minimum atomic E-state index is -0.0497. The number of carbonyl (C=O) groups is 1. The summed E-state index contributed by atoms with van der Waals surface area (Å²) >= 11 is 0. The number of piperidine rings is 1. The zero-order valence-corrected chi connectivity index (χ0v) is 12.7. The van der Waals surface area contributed by atoms with Crippen molar-refractivity contribution in [3.05, 3.63) is 24.5 Å². The van der Waals surface area contributed by atoms with E-state index in [0.29, 0.717) is 5.41 Å². The maximum Gasteiger partial charge on any atom is 0.244 e. The number of aromatic nitrogens is 1. The van der Waals surface area contributed by atoms with Gasteiger partial charge in [-0.1, -0.05) is 20.8 Å². The van der Waals surface area contributed by atoms with E-state index in [1.807, 2.05) is 17.0 Å². The number of anilines is 1. The summed E-state index contributed by atoms with van der Waals surface area (Å²) in [5.41, 5.74) is 1.20. The second kappa shape index (κ2) is 6.35. The molecule has 0 spiro atoms. The number of amides is 1. The molecule has 1 aromatic rings. The Morgan fingerprint density at radius 3 is 2.90 bits per heavy atom. The first kappa shape index (κ1) is 15.0. The molecule has 1 aromatic heterocycles. The number of nitrogens with zero attached hydrogens (tertiary/aromatic N) is 2. The molecule has 20 heavy (non-hydrogen) atoms. The van der Waals surface area contributed by atoms with Crippen molar-refractivity contribution in [2.45, 2.75) is 46.1 Å². The Labute approximate surface area is 121 Å². The third kappa shape index (κ3) is 4.04. The number of nitrogens with one attached hydrogen (secondary N) is 1. The fraction of sp³-hybridized carbons (Fsp3) is 0.625. The van der Waals surface area contributed by atoms with Gasteiger partial charge in [0.25, 0.3) is 0 Å². The molecule has 0 saturated carbocycles. The van der Waals surface area contributed by atoms with Gasteiger partial charge in [-0.25, -0.2) is 0 Å². The van der Waals surface area contributed by atoms with E-state index < -0.39 is 0 Å². The van der Waals surface area contributed by atoms with E-state index in [4.69, 9.17) is 0 Å². The van der Waals surface area contributed by atoms with Crippen LogP contribution in [-0.2, 0) is 4.79 Å². The van der Waals surface area contributed by atoms with Crippen molar-refractivity contribution in [2.24, 2.45) is 5.41 Å². The zero-order valence-electron chi connectivity index (χ0n) is 12.7. The summed E-state index contributed by atoms with van der Waals surface area (Å²) < 4.78 is 0. The van der Waals surface area contributed by atoms with Gasteiger partial charge in [0.05, 0.1) is 17.9 Å². The molecule has 0 unspecified atom stereocenters. The maximum atomic E-state index is 12.5. The number of hydrogen-bond donors (Lipinski definition) is 1. The van der Waals surface area contributed by atoms with E-state index in [2.05, 4.69) is 31.1 Å². The molecule has 1 aliphatic rings. The molecular weight excluding hydrogens is 250 g/mol. The van der Waals surface area contributed by atoms with Crippen LogP contribution >= 0.6 is 0 Å². The summed E-state index contributed by atoms with van der Waals surface area (Å²) in [4.78, 5) is 18.5. The summed E-state index contributed by atoms with van der Waals surface area (Å²) in [6, 6.07) is 3.77. The van der Waals surface area contributed by atoms with Gasteiger partial charge in [-0.2, -0.15) is 0 Å². The second-order valence-electron chi connectivity index (χ2n) is 6.66. The molecule has 110 valence electrons. The highest BCUT2D eigenvalue weighted by Gasteiger charge is 2.29. The molecule has 0 radical (unpaired) electrons. The van der Waals surface area contributed by atoms with Crippen LogP contribution in [-0.4, -0.2) is 30.0 Å². The lowest BCUT2D eigenvalue weighted by molar-refractivity contribution is -0.121. The molecule has 0 bridgehead atoms. The van der Waals surface area contributed by atoms with Crippen molar-refractivity contribution in [3.63, 3.8) is 0 Å². The van der Waals surface area contributed by atoms with Crippen molar-refractivity contribution < 1.29 is 4.79 Å². The van der Waals surface area contributed by atoms with Gasteiger partial charge in [0.2, 0.25) is 5.91 Å². The average molecular weight is 275 g/mol. The van der Waals surface area contributed by atoms with Crippen LogP contribution < -0.4 is 10.2 Å². The lowest BCUT2D eigenvalue weighted by Crippen LogP contribution is -2.51. The molecule has 1 atom stereocenters. The van der Waals surface area contributed by atoms with E-state index in [9.17, 15) is 4.79 Å². The van der Waals surface area contributed by atoms with E-state index in [1.165, 1.54) is 0 Å². The van der Waals surface area contributed by atoms with Crippen molar-refractivity contribution in [3.8, 4) is 0 Å². The number of rotatable bonds is 4. The molecule has 1 amide bonds. The first-order valence-electron chi connectivity index (χ1n) is 7.42. The SMILES string of the molecule is CC(C)(C)CCN[C@@H]1CCCN(c2cccnc2)C1=O. The lowest BCUT2D eigenvalue weighted by atomic mass is 9.92. The third-order valence-corrected chi connectivity index (χ3v) is 3.66. The highest BCUT2D eigenvalue weighted by molar-refractivity contribution is 5.97. The molecule has 1 saturated heterocycles. The smallest absolute Gasteiger partial charge is 0.244 e. The van der Waals surface area contributed by atoms with Crippen molar-refractivity contribution >= 4 is 11.6 Å². The Kier molecular flexibility index (Phi) is 4.76. The largest absolute Gasteiger partial charge is 0.310 e. The highest BCUT2D eigenvalue weighted by atomic mass is 16.2. The van der Waals surface area contributed by atoms with E-state index in [0.717, 1.165) is 38.0 Å². The molecule has 1 N–H and O–H groups in total. The van der Waals surface area contributed by atoms with Crippen molar-refractivity contribution in [2.75, 3.05) is 18.0 Å². The van der Waals surface area contributed by atoms with E-state index in [-0.39, 0.29) is 11.9 Å². The Balaban J connectivity index is 1.94. The van der Waals surface area contributed by atoms with Crippen LogP contribution in [0.25, 0.3) is 0 Å². The van der Waals surface area contributed by atoms with E-state index in [1.54, 1.807) is 12.4 Å². The van der Waals surface area contributed by atoms with Crippen molar-refractivity contribution in [1.82, 2.24) is 10.3 Å². The molecule has 1 aliphatic heterocycles. The van der Waals surface area contributed by atoms with Gasteiger partial charge in [-0.3, -0.25) is 9.78 Å². The topological polar surface area (TPSA) is 45.2 Å². The van der Waals surface area contributed by atoms with E-state index >= 15 is 0 Å². The summed E-state index contributed by atoms with van der Waals surface area (Å²) in [6.07, 6.45) is 6.53. The number of pyridine rings is 1. The lowest BCUT2D eigenvalue weighted by Gasteiger charge is -2.33. The quantitative estimate of drug-likeness (QED) is 0.918. The minimum absolute atomic E-state index is 0.0497. The van der Waals surface area contributed by atoms with Crippen LogP contribution in [0, 0.1) is 5.41 Å². The van der Waals surface area contributed by atoms with Gasteiger partial charge < -0.3 is 10.2 Å². The number of hydrogen-bond acceptors (Lipinski definition) is 3. The average Bonchev–Trinajstić information content (AvgIpc) is 2.40.